The van der Waals surface area contributed by atoms with E-state index >= 15 is 0 Å². The van der Waals surface area contributed by atoms with E-state index in [4.69, 9.17) is 4.74 Å². The normalized spacial score (nSPS) is 13.0. The molecule has 3 aromatic carbocycles. The van der Waals surface area contributed by atoms with Gasteiger partial charge in [-0.1, -0.05) is 87.5 Å². The van der Waals surface area contributed by atoms with E-state index in [1.165, 1.54) is 0 Å². The number of rotatable bonds is 10. The van der Waals surface area contributed by atoms with Gasteiger partial charge >= 0.3 is 5.97 Å². The average Bonchev–Trinajstić information content (AvgIpc) is 3.59. The predicted molar refractivity (Wildman–Crippen MR) is 164 cm³/mol. The van der Waals surface area contributed by atoms with Crippen LogP contribution in [-0.2, 0) is 38.6 Å². The van der Waals surface area contributed by atoms with Crippen LogP contribution in [0.2, 0.25) is 0 Å². The quantitative estimate of drug-likeness (QED) is 0.175. The van der Waals surface area contributed by atoms with E-state index in [0.717, 1.165) is 38.5 Å². The van der Waals surface area contributed by atoms with Crippen LogP contribution in [0.25, 0.3) is 21.8 Å². The van der Waals surface area contributed by atoms with E-state index in [2.05, 4.69) is 20.6 Å². The van der Waals surface area contributed by atoms with Gasteiger partial charge in [0, 0.05) is 52.5 Å². The first-order valence-electron chi connectivity index (χ1n) is 14.1. The van der Waals surface area contributed by atoms with E-state index in [-0.39, 0.29) is 25.4 Å². The van der Waals surface area contributed by atoms with Gasteiger partial charge in [0.25, 0.3) is 0 Å². The van der Waals surface area contributed by atoms with Crippen molar-refractivity contribution in [1.82, 2.24) is 20.6 Å². The van der Waals surface area contributed by atoms with Gasteiger partial charge < -0.3 is 25.3 Å². The lowest BCUT2D eigenvalue weighted by Gasteiger charge is -2.26. The molecule has 2 aromatic heterocycles. The predicted octanol–water partition coefficient (Wildman–Crippen LogP) is 5.19. The largest absolute Gasteiger partial charge is 0.459 e. The summed E-state index contributed by atoms with van der Waals surface area (Å²) in [6.45, 7) is 5.47. The van der Waals surface area contributed by atoms with Gasteiger partial charge in [0.1, 0.15) is 18.7 Å². The highest BCUT2D eigenvalue weighted by molar-refractivity contribution is 5.93. The Kier molecular flexibility index (Phi) is 8.43. The number of ether oxygens (including phenoxy) is 1. The van der Waals surface area contributed by atoms with Crippen LogP contribution in [0, 0.1) is 5.41 Å². The summed E-state index contributed by atoms with van der Waals surface area (Å²) in [5, 5.41) is 7.78. The van der Waals surface area contributed by atoms with Crippen LogP contribution in [0.15, 0.2) is 91.3 Å². The van der Waals surface area contributed by atoms with E-state index < -0.39 is 29.4 Å². The maximum absolute atomic E-state index is 13.9. The molecule has 5 aromatic rings. The highest BCUT2D eigenvalue weighted by atomic mass is 16.5. The number of amides is 2. The lowest BCUT2D eigenvalue weighted by molar-refractivity contribution is -0.149. The summed E-state index contributed by atoms with van der Waals surface area (Å²) in [7, 11) is 0. The fraction of sp³-hybridized carbons (Fsp3) is 0.265. The molecule has 0 aliphatic carbocycles. The number of carbonyl (C=O) groups is 3. The average molecular weight is 565 g/mol. The Bertz CT molecular complexity index is 1700. The summed E-state index contributed by atoms with van der Waals surface area (Å²) < 4.78 is 5.67. The summed E-state index contributed by atoms with van der Waals surface area (Å²) in [6.07, 6.45) is 4.16. The van der Waals surface area contributed by atoms with Gasteiger partial charge in [-0.05, 0) is 28.8 Å². The molecule has 5 rings (SSSR count). The fourth-order valence-electron chi connectivity index (χ4n) is 4.92. The van der Waals surface area contributed by atoms with Gasteiger partial charge in [0.05, 0.1) is 0 Å². The minimum Gasteiger partial charge on any atom is -0.459 e. The van der Waals surface area contributed by atoms with Crippen molar-refractivity contribution in [2.45, 2.75) is 52.3 Å². The Morgan fingerprint density at radius 2 is 1.24 bits per heavy atom. The van der Waals surface area contributed by atoms with Crippen molar-refractivity contribution in [3.63, 3.8) is 0 Å². The second kappa shape index (κ2) is 12.3. The van der Waals surface area contributed by atoms with Crippen molar-refractivity contribution < 1.29 is 19.1 Å². The maximum atomic E-state index is 13.9. The van der Waals surface area contributed by atoms with Gasteiger partial charge in [-0.2, -0.15) is 0 Å². The minimum atomic E-state index is -0.975. The Hall–Kier alpha value is -4.85. The molecular formula is C34H36N4O4. The molecule has 2 atom stereocenters. The highest BCUT2D eigenvalue weighted by Gasteiger charge is 2.32. The molecule has 0 fully saturated rings. The Morgan fingerprint density at radius 3 is 1.81 bits per heavy atom. The first-order chi connectivity index (χ1) is 20.2. The number of aromatic amines is 2. The SMILES string of the molecule is CC(C)(C)C(=O)NC(Cc1c[nH]c2ccccc12)C(=O)NC(Cc1c[nH]c2ccccc12)C(=O)OCc1ccccc1. The van der Waals surface area contributed by atoms with Crippen LogP contribution >= 0.6 is 0 Å². The number of para-hydroxylation sites is 2. The zero-order valence-corrected chi connectivity index (χ0v) is 24.1. The topological polar surface area (TPSA) is 116 Å². The molecule has 8 heteroatoms. The van der Waals surface area contributed by atoms with E-state index in [9.17, 15) is 14.4 Å². The van der Waals surface area contributed by atoms with Crippen molar-refractivity contribution >= 4 is 39.6 Å². The van der Waals surface area contributed by atoms with Crippen LogP contribution in [0.1, 0.15) is 37.5 Å². The van der Waals surface area contributed by atoms with Crippen LogP contribution < -0.4 is 10.6 Å². The standard InChI is InChI=1S/C34H36N4O4/c1-34(2,3)33(41)38-29(17-23-19-35-27-15-9-7-13-25(23)27)31(39)37-30(32(40)42-21-22-11-5-4-6-12-22)18-24-20-36-28-16-10-8-14-26(24)28/h4-16,19-20,29-30,35-36H,17-18,21H2,1-3H3,(H,37,39)(H,38,41). The molecule has 0 saturated heterocycles. The number of hydrogen-bond acceptors (Lipinski definition) is 4. The summed E-state index contributed by atoms with van der Waals surface area (Å²) in [6, 6.07) is 23.1. The molecule has 0 spiro atoms. The number of H-pyrrole nitrogens is 2. The van der Waals surface area contributed by atoms with E-state index in [0.29, 0.717) is 0 Å². The van der Waals surface area contributed by atoms with Crippen LogP contribution in [-0.4, -0.2) is 39.8 Å². The molecule has 2 unspecified atom stereocenters. The van der Waals surface area contributed by atoms with Gasteiger partial charge in [0.2, 0.25) is 11.8 Å². The molecule has 4 N–H and O–H groups in total. The molecule has 42 heavy (non-hydrogen) atoms. The smallest absolute Gasteiger partial charge is 0.329 e. The van der Waals surface area contributed by atoms with Crippen LogP contribution in [0.5, 0.6) is 0 Å². The lowest BCUT2D eigenvalue weighted by Crippen LogP contribution is -2.54. The Morgan fingerprint density at radius 1 is 0.714 bits per heavy atom. The molecule has 216 valence electrons. The summed E-state index contributed by atoms with van der Waals surface area (Å²) in [5.74, 6) is -1.27. The lowest BCUT2D eigenvalue weighted by atomic mass is 9.94. The maximum Gasteiger partial charge on any atom is 0.329 e. The van der Waals surface area contributed by atoms with Crippen LogP contribution in [0.4, 0.5) is 0 Å². The van der Waals surface area contributed by atoms with Gasteiger partial charge in [-0.3, -0.25) is 9.59 Å². The second-order valence-corrected chi connectivity index (χ2v) is 11.6. The third kappa shape index (κ3) is 6.71. The second-order valence-electron chi connectivity index (χ2n) is 11.6. The third-order valence-corrected chi connectivity index (χ3v) is 7.33. The molecule has 0 radical (unpaired) electrons. The molecule has 0 aliphatic rings. The van der Waals surface area contributed by atoms with Crippen molar-refractivity contribution in [2.24, 2.45) is 5.41 Å². The number of nitrogens with one attached hydrogen (secondary N) is 4. The summed E-state index contributed by atoms with van der Waals surface area (Å²) >= 11 is 0. The number of carbonyl (C=O) groups excluding carboxylic acids is 3. The number of aromatic nitrogens is 2. The fourth-order valence-corrected chi connectivity index (χ4v) is 4.92. The van der Waals surface area contributed by atoms with Crippen LogP contribution in [0.3, 0.4) is 0 Å². The molecule has 0 bridgehead atoms. The Balaban J connectivity index is 1.41. The minimum absolute atomic E-state index is 0.0828. The number of esters is 1. The zero-order chi connectivity index (χ0) is 29.7. The monoisotopic (exact) mass is 564 g/mol. The van der Waals surface area contributed by atoms with E-state index in [1.54, 1.807) is 20.8 Å². The number of hydrogen-bond donors (Lipinski definition) is 4. The van der Waals surface area contributed by atoms with Crippen molar-refractivity contribution in [3.8, 4) is 0 Å². The van der Waals surface area contributed by atoms with Gasteiger partial charge in [0.15, 0.2) is 0 Å². The first-order valence-corrected chi connectivity index (χ1v) is 14.1. The van der Waals surface area contributed by atoms with Crippen molar-refractivity contribution in [2.75, 3.05) is 0 Å². The molecule has 8 nitrogen and oxygen atoms in total. The Labute approximate surface area is 244 Å². The van der Waals surface area contributed by atoms with Gasteiger partial charge in [-0.25, -0.2) is 4.79 Å². The van der Waals surface area contributed by atoms with Crippen molar-refractivity contribution in [1.29, 1.82) is 0 Å². The molecule has 2 amide bonds. The van der Waals surface area contributed by atoms with Crippen molar-refractivity contribution in [3.05, 3.63) is 108 Å². The number of benzene rings is 3. The molecule has 2 heterocycles. The van der Waals surface area contributed by atoms with Gasteiger partial charge in [-0.15, -0.1) is 0 Å². The van der Waals surface area contributed by atoms with E-state index in [1.807, 2.05) is 91.3 Å². The molecule has 0 saturated carbocycles. The zero-order valence-electron chi connectivity index (χ0n) is 24.1. The summed E-state index contributed by atoms with van der Waals surface area (Å²) in [5.41, 5.74) is 3.77. The highest BCUT2D eigenvalue weighted by Crippen LogP contribution is 2.22. The number of fused-ring (bicyclic) bond motifs is 2. The first kappa shape index (κ1) is 28.7. The molecular weight excluding hydrogens is 528 g/mol. The summed E-state index contributed by atoms with van der Waals surface area (Å²) in [4.78, 5) is 46.9. The molecule has 0 aliphatic heterocycles. The third-order valence-electron chi connectivity index (χ3n) is 7.33.